The molecule has 4 N–H and O–H groups in total. The van der Waals surface area contributed by atoms with Crippen LogP contribution in [0.5, 0.6) is 0 Å². The largest absolute Gasteiger partial charge is 0.393 e. The second-order valence-corrected chi connectivity index (χ2v) is 10.2. The zero-order valence-electron chi connectivity index (χ0n) is 19.3. The van der Waals surface area contributed by atoms with Gasteiger partial charge in [-0.05, 0) is 75.3 Å². The van der Waals surface area contributed by atoms with Crippen LogP contribution in [0.2, 0.25) is 0 Å². The molecule has 0 spiro atoms. The quantitative estimate of drug-likeness (QED) is 0.522. The fraction of sp³-hybridized carbons (Fsp3) is 0.680. The lowest BCUT2D eigenvalue weighted by atomic mass is 9.82. The van der Waals surface area contributed by atoms with Crippen molar-refractivity contribution in [3.63, 3.8) is 0 Å². The topological polar surface area (TPSA) is 95.7 Å². The molecule has 4 rings (SSSR count). The Morgan fingerprint density at radius 1 is 0.971 bits per heavy atom. The van der Waals surface area contributed by atoms with Crippen molar-refractivity contribution in [3.05, 3.63) is 35.1 Å². The summed E-state index contributed by atoms with van der Waals surface area (Å²) in [4.78, 5) is 27.1. The molecule has 1 aliphatic carbocycles. The van der Waals surface area contributed by atoms with E-state index in [0.29, 0.717) is 31.7 Å². The number of aliphatic hydroxyl groups is 1. The van der Waals surface area contributed by atoms with E-state index in [2.05, 4.69) is 5.32 Å². The number of fused-ring (bicyclic) bond motifs is 2. The SMILES string of the molecule is N[C@H](Cc1cc(F)c(F)cc1F)C1CC2CCC(C1)N2C(=O)CCC(=O)NC1CCC(O)CC1. The van der Waals surface area contributed by atoms with E-state index < -0.39 is 23.5 Å². The molecule has 6 nitrogen and oxygen atoms in total. The molecule has 1 aromatic carbocycles. The Hall–Kier alpha value is -2.13. The minimum atomic E-state index is -1.22. The van der Waals surface area contributed by atoms with Gasteiger partial charge < -0.3 is 21.1 Å². The summed E-state index contributed by atoms with van der Waals surface area (Å²) in [5.74, 6) is -3.21. The summed E-state index contributed by atoms with van der Waals surface area (Å²) >= 11 is 0. The van der Waals surface area contributed by atoms with E-state index in [9.17, 15) is 27.9 Å². The van der Waals surface area contributed by atoms with Gasteiger partial charge in [0.15, 0.2) is 11.6 Å². The van der Waals surface area contributed by atoms with Crippen molar-refractivity contribution >= 4 is 11.8 Å². The highest BCUT2D eigenvalue weighted by atomic mass is 19.2. The summed E-state index contributed by atoms with van der Waals surface area (Å²) in [6.45, 7) is 0. The third kappa shape index (κ3) is 5.74. The van der Waals surface area contributed by atoms with Crippen LogP contribution in [0.15, 0.2) is 12.1 Å². The van der Waals surface area contributed by atoms with Crippen LogP contribution in [0, 0.1) is 23.4 Å². The molecule has 2 saturated heterocycles. The van der Waals surface area contributed by atoms with Crippen molar-refractivity contribution in [3.8, 4) is 0 Å². The number of halogens is 3. The Balaban J connectivity index is 1.26. The van der Waals surface area contributed by atoms with Crippen molar-refractivity contribution in [2.75, 3.05) is 0 Å². The maximum atomic E-state index is 14.0. The van der Waals surface area contributed by atoms with E-state index in [4.69, 9.17) is 5.73 Å². The van der Waals surface area contributed by atoms with E-state index in [1.807, 2.05) is 4.90 Å². The summed E-state index contributed by atoms with van der Waals surface area (Å²) < 4.78 is 40.8. The number of benzene rings is 1. The fourth-order valence-electron chi connectivity index (χ4n) is 5.99. The number of nitrogens with two attached hydrogens (primary N) is 1. The monoisotopic (exact) mass is 481 g/mol. The Morgan fingerprint density at radius 3 is 2.24 bits per heavy atom. The average Bonchev–Trinajstić information content (AvgIpc) is 3.06. The van der Waals surface area contributed by atoms with Crippen LogP contribution in [-0.2, 0) is 16.0 Å². The lowest BCUT2D eigenvalue weighted by molar-refractivity contribution is -0.138. The molecule has 9 heteroatoms. The highest BCUT2D eigenvalue weighted by Crippen LogP contribution is 2.40. The van der Waals surface area contributed by atoms with Gasteiger partial charge in [0.1, 0.15) is 5.82 Å². The van der Waals surface area contributed by atoms with Crippen LogP contribution in [0.3, 0.4) is 0 Å². The smallest absolute Gasteiger partial charge is 0.223 e. The predicted molar refractivity (Wildman–Crippen MR) is 120 cm³/mol. The number of amides is 2. The van der Waals surface area contributed by atoms with Gasteiger partial charge in [-0.3, -0.25) is 9.59 Å². The number of carbonyl (C=O) groups is 2. The highest BCUT2D eigenvalue weighted by molar-refractivity contribution is 5.84. The van der Waals surface area contributed by atoms with E-state index in [0.717, 1.165) is 31.7 Å². The number of hydrogen-bond donors (Lipinski definition) is 3. The number of nitrogens with zero attached hydrogens (tertiary/aromatic N) is 1. The van der Waals surface area contributed by atoms with Crippen LogP contribution in [0.25, 0.3) is 0 Å². The molecule has 188 valence electrons. The van der Waals surface area contributed by atoms with Gasteiger partial charge in [-0.2, -0.15) is 0 Å². The van der Waals surface area contributed by atoms with Crippen molar-refractivity contribution in [1.29, 1.82) is 0 Å². The third-order valence-corrected chi connectivity index (χ3v) is 7.84. The molecule has 2 heterocycles. The number of nitrogens with one attached hydrogen (secondary N) is 1. The molecule has 3 fully saturated rings. The van der Waals surface area contributed by atoms with Gasteiger partial charge in [0.2, 0.25) is 11.8 Å². The van der Waals surface area contributed by atoms with Crippen LogP contribution in [0.1, 0.15) is 69.8 Å². The van der Waals surface area contributed by atoms with Gasteiger partial charge in [0.25, 0.3) is 0 Å². The van der Waals surface area contributed by atoms with Crippen LogP contribution < -0.4 is 11.1 Å². The average molecular weight is 482 g/mol. The summed E-state index contributed by atoms with van der Waals surface area (Å²) in [6, 6.07) is 1.16. The molecule has 2 bridgehead atoms. The van der Waals surface area contributed by atoms with Crippen molar-refractivity contribution in [2.45, 2.75) is 101 Å². The number of rotatable bonds is 7. The Kier molecular flexibility index (Phi) is 7.82. The van der Waals surface area contributed by atoms with Gasteiger partial charge >= 0.3 is 0 Å². The molecule has 34 heavy (non-hydrogen) atoms. The first-order valence-corrected chi connectivity index (χ1v) is 12.4. The first kappa shape index (κ1) is 25.0. The normalized spacial score (nSPS) is 29.7. The molecule has 2 aliphatic heterocycles. The summed E-state index contributed by atoms with van der Waals surface area (Å²) in [7, 11) is 0. The molecule has 3 atom stereocenters. The molecule has 3 aliphatic rings. The van der Waals surface area contributed by atoms with E-state index in [1.165, 1.54) is 0 Å². The van der Waals surface area contributed by atoms with Crippen molar-refractivity contribution in [1.82, 2.24) is 10.2 Å². The molecule has 1 saturated carbocycles. The Bertz CT molecular complexity index is 893. The Morgan fingerprint density at radius 2 is 1.59 bits per heavy atom. The molecule has 0 aromatic heterocycles. The van der Waals surface area contributed by atoms with E-state index in [1.54, 1.807) is 0 Å². The molecular weight excluding hydrogens is 447 g/mol. The van der Waals surface area contributed by atoms with Gasteiger partial charge in [-0.1, -0.05) is 0 Å². The first-order valence-electron chi connectivity index (χ1n) is 12.4. The second-order valence-electron chi connectivity index (χ2n) is 10.2. The minimum absolute atomic E-state index is 0.0274. The molecule has 0 radical (unpaired) electrons. The number of piperidine rings is 1. The lowest BCUT2D eigenvalue weighted by Gasteiger charge is -2.41. The predicted octanol–water partition coefficient (Wildman–Crippen LogP) is 2.94. The molecule has 2 unspecified atom stereocenters. The van der Waals surface area contributed by atoms with Crippen molar-refractivity contribution < 1.29 is 27.9 Å². The summed E-state index contributed by atoms with van der Waals surface area (Å²) in [6.07, 6.45) is 6.14. The first-order chi connectivity index (χ1) is 16.2. The number of hydrogen-bond acceptors (Lipinski definition) is 4. The molecular formula is C25H34F3N3O3. The zero-order chi connectivity index (χ0) is 24.4. The fourth-order valence-corrected chi connectivity index (χ4v) is 5.99. The van der Waals surface area contributed by atoms with Crippen LogP contribution >= 0.6 is 0 Å². The van der Waals surface area contributed by atoms with Crippen LogP contribution in [-0.4, -0.2) is 52.1 Å². The summed E-state index contributed by atoms with van der Waals surface area (Å²) in [5, 5.41) is 12.6. The zero-order valence-corrected chi connectivity index (χ0v) is 19.3. The minimum Gasteiger partial charge on any atom is -0.393 e. The number of aliphatic hydroxyl groups excluding tert-OH is 1. The van der Waals surface area contributed by atoms with E-state index >= 15 is 0 Å². The lowest BCUT2D eigenvalue weighted by Crippen LogP contribution is -2.50. The van der Waals surface area contributed by atoms with Gasteiger partial charge in [0.05, 0.1) is 6.10 Å². The maximum Gasteiger partial charge on any atom is 0.223 e. The summed E-state index contributed by atoms with van der Waals surface area (Å²) in [5.41, 5.74) is 6.42. The molecule has 1 aromatic rings. The standard InChI is InChI=1S/C25H34F3N3O3/c26-20-13-22(28)21(27)11-14(20)12-23(29)15-9-17-3-4-18(10-15)31(17)25(34)8-7-24(33)30-16-1-5-19(32)6-2-16/h11,13,15-19,23,32H,1-10,12,29H2,(H,30,33)/t15?,16?,17?,18?,19?,23-/m1/s1. The van der Waals surface area contributed by atoms with Gasteiger partial charge in [-0.15, -0.1) is 0 Å². The Labute approximate surface area is 198 Å². The van der Waals surface area contributed by atoms with Gasteiger partial charge in [0, 0.05) is 43.1 Å². The van der Waals surface area contributed by atoms with E-state index in [-0.39, 0.29) is 66.8 Å². The maximum absolute atomic E-state index is 14.0. The highest BCUT2D eigenvalue weighted by Gasteiger charge is 2.44. The third-order valence-electron chi connectivity index (χ3n) is 7.84. The van der Waals surface area contributed by atoms with Crippen LogP contribution in [0.4, 0.5) is 13.2 Å². The molecule has 2 amide bonds. The number of carbonyl (C=O) groups excluding carboxylic acids is 2. The van der Waals surface area contributed by atoms with Gasteiger partial charge in [-0.25, -0.2) is 13.2 Å². The van der Waals surface area contributed by atoms with Crippen molar-refractivity contribution in [2.24, 2.45) is 11.7 Å². The second kappa shape index (κ2) is 10.6.